The maximum absolute atomic E-state index is 12.7. The molecule has 1 amide bonds. The number of benzene rings is 2. The predicted octanol–water partition coefficient (Wildman–Crippen LogP) is 5.24. The maximum Gasteiger partial charge on any atom is 0.234 e. The number of hydrogen-bond donors (Lipinski definition) is 1. The molecule has 5 nitrogen and oxygen atoms in total. The van der Waals surface area contributed by atoms with Crippen LogP contribution in [0.3, 0.4) is 0 Å². The number of carbonyl (C=O) groups excluding carboxylic acids is 1. The number of carbonyl (C=O) groups is 1. The van der Waals surface area contributed by atoms with Crippen molar-refractivity contribution in [3.05, 3.63) is 66.0 Å². The highest BCUT2D eigenvalue weighted by Crippen LogP contribution is 2.32. The minimum Gasteiger partial charge on any atom is -0.325 e. The van der Waals surface area contributed by atoms with Crippen molar-refractivity contribution in [2.45, 2.75) is 44.7 Å². The van der Waals surface area contributed by atoms with Gasteiger partial charge in [0.1, 0.15) is 6.33 Å². The molecule has 0 fully saturated rings. The summed E-state index contributed by atoms with van der Waals surface area (Å²) in [6.07, 6.45) is 1.67. The summed E-state index contributed by atoms with van der Waals surface area (Å²) >= 11 is 1.38. The quantitative estimate of drug-likeness (QED) is 0.556. The van der Waals surface area contributed by atoms with Gasteiger partial charge in [-0.15, -0.1) is 10.2 Å². The van der Waals surface area contributed by atoms with Crippen LogP contribution in [-0.4, -0.2) is 26.4 Å². The van der Waals surface area contributed by atoms with E-state index in [0.29, 0.717) is 17.0 Å². The van der Waals surface area contributed by atoms with Crippen molar-refractivity contribution in [1.29, 1.82) is 0 Å². The first-order valence-corrected chi connectivity index (χ1v) is 10.5. The van der Waals surface area contributed by atoms with Gasteiger partial charge in [0.2, 0.25) is 5.91 Å². The SMILES string of the molecule is CC(C)c1cccc(C(C)C)c1NC(=O)CSc1nncn1-c1ccccc1. The number of rotatable bonds is 7. The number of aromatic nitrogens is 3. The Balaban J connectivity index is 1.74. The van der Waals surface area contributed by atoms with Crippen molar-refractivity contribution < 1.29 is 4.79 Å². The fourth-order valence-electron chi connectivity index (χ4n) is 3.09. The molecule has 0 saturated carbocycles. The molecular weight excluding hydrogens is 368 g/mol. The second-order valence-corrected chi connectivity index (χ2v) is 8.22. The summed E-state index contributed by atoms with van der Waals surface area (Å²) in [6, 6.07) is 16.1. The molecule has 0 spiro atoms. The number of amides is 1. The Labute approximate surface area is 170 Å². The van der Waals surface area contributed by atoms with Gasteiger partial charge in [0.25, 0.3) is 0 Å². The van der Waals surface area contributed by atoms with E-state index in [4.69, 9.17) is 0 Å². The summed E-state index contributed by atoms with van der Waals surface area (Å²) in [6.45, 7) is 8.58. The zero-order valence-electron chi connectivity index (χ0n) is 16.7. The van der Waals surface area contributed by atoms with E-state index < -0.39 is 0 Å². The Morgan fingerprint density at radius 3 is 2.25 bits per heavy atom. The largest absolute Gasteiger partial charge is 0.325 e. The van der Waals surface area contributed by atoms with E-state index in [9.17, 15) is 4.79 Å². The number of hydrogen-bond acceptors (Lipinski definition) is 4. The summed E-state index contributed by atoms with van der Waals surface area (Å²) in [5, 5.41) is 12.0. The number of thioether (sulfide) groups is 1. The first-order chi connectivity index (χ1) is 13.5. The molecule has 1 N–H and O–H groups in total. The summed E-state index contributed by atoms with van der Waals surface area (Å²) in [5.74, 6) is 0.906. The molecule has 0 saturated heterocycles. The van der Waals surface area contributed by atoms with Crippen LogP contribution in [0, 0.1) is 0 Å². The van der Waals surface area contributed by atoms with Crippen molar-refractivity contribution in [3.8, 4) is 5.69 Å². The molecule has 1 aromatic heterocycles. The molecule has 0 aliphatic carbocycles. The van der Waals surface area contributed by atoms with Crippen molar-refractivity contribution in [2.24, 2.45) is 0 Å². The van der Waals surface area contributed by atoms with E-state index in [-0.39, 0.29) is 11.7 Å². The number of anilines is 1. The normalized spacial score (nSPS) is 11.2. The molecule has 0 aliphatic heterocycles. The van der Waals surface area contributed by atoms with Gasteiger partial charge < -0.3 is 5.32 Å². The zero-order valence-corrected chi connectivity index (χ0v) is 17.5. The van der Waals surface area contributed by atoms with Crippen LogP contribution in [-0.2, 0) is 4.79 Å². The van der Waals surface area contributed by atoms with E-state index >= 15 is 0 Å². The highest BCUT2D eigenvalue weighted by atomic mass is 32.2. The molecule has 2 aromatic carbocycles. The molecule has 0 atom stereocenters. The maximum atomic E-state index is 12.7. The predicted molar refractivity (Wildman–Crippen MR) is 115 cm³/mol. The Morgan fingerprint density at radius 1 is 1.00 bits per heavy atom. The van der Waals surface area contributed by atoms with Gasteiger partial charge in [0.05, 0.1) is 5.75 Å². The third kappa shape index (κ3) is 4.62. The van der Waals surface area contributed by atoms with Gasteiger partial charge in [0, 0.05) is 11.4 Å². The first kappa shape index (κ1) is 20.1. The fraction of sp³-hybridized carbons (Fsp3) is 0.318. The molecule has 0 unspecified atom stereocenters. The summed E-state index contributed by atoms with van der Waals surface area (Å²) in [5.41, 5.74) is 4.25. The van der Waals surface area contributed by atoms with Crippen LogP contribution in [0.25, 0.3) is 5.69 Å². The minimum absolute atomic E-state index is 0.0392. The Hall–Kier alpha value is -2.60. The average molecular weight is 395 g/mol. The monoisotopic (exact) mass is 394 g/mol. The molecule has 28 heavy (non-hydrogen) atoms. The van der Waals surface area contributed by atoms with Crippen molar-refractivity contribution in [1.82, 2.24) is 14.8 Å². The van der Waals surface area contributed by atoms with Crippen LogP contribution in [0.2, 0.25) is 0 Å². The molecule has 0 radical (unpaired) electrons. The van der Waals surface area contributed by atoms with Crippen molar-refractivity contribution in [2.75, 3.05) is 11.1 Å². The Kier molecular flexibility index (Phi) is 6.52. The molecular formula is C22H26N4OS. The molecule has 3 aromatic rings. The smallest absolute Gasteiger partial charge is 0.234 e. The van der Waals surface area contributed by atoms with Crippen molar-refractivity contribution >= 4 is 23.4 Å². The first-order valence-electron chi connectivity index (χ1n) is 9.48. The van der Waals surface area contributed by atoms with E-state index in [1.807, 2.05) is 34.9 Å². The second-order valence-electron chi connectivity index (χ2n) is 7.28. The van der Waals surface area contributed by atoms with Crippen LogP contribution in [0.15, 0.2) is 60.0 Å². The molecule has 6 heteroatoms. The lowest BCUT2D eigenvalue weighted by Gasteiger charge is -2.20. The molecule has 1 heterocycles. The Morgan fingerprint density at radius 2 is 1.64 bits per heavy atom. The van der Waals surface area contributed by atoms with Gasteiger partial charge in [-0.25, -0.2) is 0 Å². The number of nitrogens with one attached hydrogen (secondary N) is 1. The number of para-hydroxylation sites is 2. The molecule has 0 aliphatic rings. The van der Waals surface area contributed by atoms with Crippen LogP contribution in [0.1, 0.15) is 50.7 Å². The zero-order chi connectivity index (χ0) is 20.1. The molecule has 146 valence electrons. The van der Waals surface area contributed by atoms with Gasteiger partial charge in [-0.3, -0.25) is 9.36 Å². The fourth-order valence-corrected chi connectivity index (χ4v) is 3.82. The third-order valence-corrected chi connectivity index (χ3v) is 5.46. The van der Waals surface area contributed by atoms with E-state index in [2.05, 4.69) is 61.4 Å². The van der Waals surface area contributed by atoms with Crippen LogP contribution in [0.4, 0.5) is 5.69 Å². The van der Waals surface area contributed by atoms with Crippen LogP contribution >= 0.6 is 11.8 Å². The van der Waals surface area contributed by atoms with E-state index in [1.165, 1.54) is 11.8 Å². The second kappa shape index (κ2) is 9.06. The number of nitrogens with zero attached hydrogens (tertiary/aromatic N) is 3. The standard InChI is InChI=1S/C22H26N4OS/c1-15(2)18-11-8-12-19(16(3)4)21(18)24-20(27)13-28-22-25-23-14-26(22)17-9-6-5-7-10-17/h5-12,14-16H,13H2,1-4H3,(H,24,27). The Bertz CT molecular complexity index is 908. The van der Waals surface area contributed by atoms with E-state index in [1.54, 1.807) is 6.33 Å². The van der Waals surface area contributed by atoms with Gasteiger partial charge in [0.15, 0.2) is 5.16 Å². The van der Waals surface area contributed by atoms with Gasteiger partial charge >= 0.3 is 0 Å². The summed E-state index contributed by atoms with van der Waals surface area (Å²) < 4.78 is 1.89. The summed E-state index contributed by atoms with van der Waals surface area (Å²) in [7, 11) is 0. The molecule has 0 bridgehead atoms. The van der Waals surface area contributed by atoms with E-state index in [0.717, 1.165) is 22.5 Å². The average Bonchev–Trinajstić information content (AvgIpc) is 3.15. The van der Waals surface area contributed by atoms with Gasteiger partial charge in [-0.05, 0) is 35.1 Å². The van der Waals surface area contributed by atoms with Crippen LogP contribution < -0.4 is 5.32 Å². The van der Waals surface area contributed by atoms with Gasteiger partial charge in [-0.1, -0.05) is 75.9 Å². The van der Waals surface area contributed by atoms with Crippen molar-refractivity contribution in [3.63, 3.8) is 0 Å². The lowest BCUT2D eigenvalue weighted by atomic mass is 9.92. The third-order valence-electron chi connectivity index (χ3n) is 4.52. The highest BCUT2D eigenvalue weighted by molar-refractivity contribution is 7.99. The summed E-state index contributed by atoms with van der Waals surface area (Å²) in [4.78, 5) is 12.7. The molecule has 3 rings (SSSR count). The van der Waals surface area contributed by atoms with Crippen LogP contribution in [0.5, 0.6) is 0 Å². The highest BCUT2D eigenvalue weighted by Gasteiger charge is 2.17. The lowest BCUT2D eigenvalue weighted by Crippen LogP contribution is -2.18. The topological polar surface area (TPSA) is 59.8 Å². The minimum atomic E-state index is -0.0392. The van der Waals surface area contributed by atoms with Gasteiger partial charge in [-0.2, -0.15) is 0 Å². The lowest BCUT2D eigenvalue weighted by molar-refractivity contribution is -0.113.